The minimum atomic E-state index is -1.45. The van der Waals surface area contributed by atoms with E-state index in [2.05, 4.69) is 5.32 Å². The van der Waals surface area contributed by atoms with Gasteiger partial charge in [-0.15, -0.1) is 22.9 Å². The number of fused-ring (bicyclic) bond motifs is 1. The van der Waals surface area contributed by atoms with Gasteiger partial charge in [-0.1, -0.05) is 24.3 Å². The number of para-hydroxylation sites is 1. The third kappa shape index (κ3) is 2.20. The average molecular weight is 323 g/mol. The van der Waals surface area contributed by atoms with Crippen LogP contribution in [0, 0.1) is 10.1 Å². The number of carbonyl (C=O) groups excluding carboxylic acids is 1. The SMILES string of the molecule is O=C1Nc2ccccc2[C@]1(Cl)[C@@H](C[N+](=O)[O-])c1cccs1. The first-order valence-electron chi connectivity index (χ1n) is 6.28. The van der Waals surface area contributed by atoms with Gasteiger partial charge in [-0.05, 0) is 17.5 Å². The summed E-state index contributed by atoms with van der Waals surface area (Å²) in [4.78, 5) is 22.3. The molecule has 0 spiro atoms. The Morgan fingerprint density at radius 3 is 2.76 bits per heavy atom. The second-order valence-electron chi connectivity index (χ2n) is 4.79. The zero-order chi connectivity index (χ0) is 15.0. The van der Waals surface area contributed by atoms with Crippen molar-refractivity contribution in [3.8, 4) is 0 Å². The fourth-order valence-electron chi connectivity index (χ4n) is 2.64. The van der Waals surface area contributed by atoms with Gasteiger partial charge >= 0.3 is 0 Å². The monoisotopic (exact) mass is 322 g/mol. The number of benzene rings is 1. The van der Waals surface area contributed by atoms with Crippen LogP contribution in [0.1, 0.15) is 16.4 Å². The standard InChI is InChI=1S/C14H11ClN2O3S/c15-14(9-4-1-2-5-11(9)16-13(14)18)10(8-17(19)20)12-6-3-7-21-12/h1-7,10H,8H2,(H,16,18)/t10-,14-/m0/s1. The molecule has 0 fully saturated rings. The molecule has 7 heteroatoms. The summed E-state index contributed by atoms with van der Waals surface area (Å²) in [6, 6.07) is 10.6. The predicted octanol–water partition coefficient (Wildman–Crippen LogP) is 3.19. The van der Waals surface area contributed by atoms with Gasteiger partial charge in [0.05, 0.1) is 5.92 Å². The van der Waals surface area contributed by atoms with Crippen LogP contribution in [0.4, 0.5) is 5.69 Å². The normalized spacial score (nSPS) is 21.7. The predicted molar refractivity (Wildman–Crippen MR) is 81.5 cm³/mol. The molecule has 0 bridgehead atoms. The number of hydrogen-bond donors (Lipinski definition) is 1. The van der Waals surface area contributed by atoms with Crippen molar-refractivity contribution in [3.63, 3.8) is 0 Å². The lowest BCUT2D eigenvalue weighted by Gasteiger charge is -2.26. The molecule has 0 unspecified atom stereocenters. The number of carbonyl (C=O) groups is 1. The average Bonchev–Trinajstić information content (AvgIpc) is 3.05. The number of nitrogens with zero attached hydrogens (tertiary/aromatic N) is 1. The number of hydrogen-bond acceptors (Lipinski definition) is 4. The van der Waals surface area contributed by atoms with Crippen molar-refractivity contribution in [2.75, 3.05) is 11.9 Å². The Bertz CT molecular complexity index is 704. The lowest BCUT2D eigenvalue weighted by Crippen LogP contribution is -2.38. The highest BCUT2D eigenvalue weighted by atomic mass is 35.5. The van der Waals surface area contributed by atoms with Crippen molar-refractivity contribution in [2.24, 2.45) is 0 Å². The van der Waals surface area contributed by atoms with E-state index >= 15 is 0 Å². The molecule has 2 atom stereocenters. The summed E-state index contributed by atoms with van der Waals surface area (Å²) in [6.07, 6.45) is 0. The first kappa shape index (κ1) is 14.0. The molecular weight excluding hydrogens is 312 g/mol. The maximum absolute atomic E-state index is 12.4. The summed E-state index contributed by atoms with van der Waals surface area (Å²) in [5.74, 6) is -1.12. The summed E-state index contributed by atoms with van der Waals surface area (Å²) >= 11 is 8.01. The Morgan fingerprint density at radius 2 is 2.10 bits per heavy atom. The first-order chi connectivity index (χ1) is 10.0. The Morgan fingerprint density at radius 1 is 1.33 bits per heavy atom. The van der Waals surface area contributed by atoms with Crippen LogP contribution in [0.3, 0.4) is 0 Å². The second-order valence-corrected chi connectivity index (χ2v) is 6.37. The molecule has 2 heterocycles. The maximum Gasteiger partial charge on any atom is 0.251 e. The van der Waals surface area contributed by atoms with E-state index in [4.69, 9.17) is 11.6 Å². The fraction of sp³-hybridized carbons (Fsp3) is 0.214. The van der Waals surface area contributed by atoms with Crippen LogP contribution >= 0.6 is 22.9 Å². The van der Waals surface area contributed by atoms with Crippen molar-refractivity contribution < 1.29 is 9.72 Å². The number of rotatable bonds is 4. The van der Waals surface area contributed by atoms with Gasteiger partial charge in [0.1, 0.15) is 0 Å². The van der Waals surface area contributed by atoms with E-state index in [-0.39, 0.29) is 0 Å². The Hall–Kier alpha value is -1.92. The molecule has 1 amide bonds. The smallest absolute Gasteiger partial charge is 0.251 e. The van der Waals surface area contributed by atoms with Gasteiger partial charge in [0.15, 0.2) is 4.87 Å². The molecule has 1 aromatic carbocycles. The van der Waals surface area contributed by atoms with E-state index in [1.54, 1.807) is 36.4 Å². The van der Waals surface area contributed by atoms with Crippen LogP contribution in [0.15, 0.2) is 41.8 Å². The fourth-order valence-corrected chi connectivity index (χ4v) is 3.99. The number of amides is 1. The summed E-state index contributed by atoms with van der Waals surface area (Å²) in [7, 11) is 0. The first-order valence-corrected chi connectivity index (χ1v) is 7.54. The lowest BCUT2D eigenvalue weighted by atomic mass is 9.85. The topological polar surface area (TPSA) is 72.2 Å². The molecule has 0 saturated carbocycles. The molecule has 108 valence electrons. The van der Waals surface area contributed by atoms with Gasteiger partial charge in [0.2, 0.25) is 6.54 Å². The molecule has 1 aromatic heterocycles. The van der Waals surface area contributed by atoms with Crippen LogP contribution in [0.2, 0.25) is 0 Å². The van der Waals surface area contributed by atoms with Gasteiger partial charge in [0, 0.05) is 21.1 Å². The molecular formula is C14H11ClN2O3S. The van der Waals surface area contributed by atoms with E-state index in [0.717, 1.165) is 4.88 Å². The minimum Gasteiger partial charge on any atom is -0.324 e. The van der Waals surface area contributed by atoms with E-state index in [0.29, 0.717) is 11.3 Å². The molecule has 0 saturated heterocycles. The van der Waals surface area contributed by atoms with Gasteiger partial charge in [-0.3, -0.25) is 14.9 Å². The number of alkyl halides is 1. The third-order valence-corrected chi connectivity index (χ3v) is 5.22. The zero-order valence-corrected chi connectivity index (χ0v) is 12.4. The third-order valence-electron chi connectivity index (χ3n) is 3.60. The van der Waals surface area contributed by atoms with Crippen LogP contribution in [0.25, 0.3) is 0 Å². The van der Waals surface area contributed by atoms with Crippen molar-refractivity contribution in [1.82, 2.24) is 0 Å². The van der Waals surface area contributed by atoms with Gasteiger partial charge in [-0.2, -0.15) is 0 Å². The van der Waals surface area contributed by atoms with Crippen molar-refractivity contribution >= 4 is 34.5 Å². The maximum atomic E-state index is 12.4. The molecule has 1 N–H and O–H groups in total. The number of halogens is 1. The van der Waals surface area contributed by atoms with Crippen molar-refractivity contribution in [2.45, 2.75) is 10.8 Å². The van der Waals surface area contributed by atoms with Crippen LogP contribution in [-0.2, 0) is 9.67 Å². The quantitative estimate of drug-likeness (QED) is 0.534. The zero-order valence-electron chi connectivity index (χ0n) is 10.8. The summed E-state index contributed by atoms with van der Waals surface area (Å²) < 4.78 is 0. The number of nitrogens with one attached hydrogen (secondary N) is 1. The Balaban J connectivity index is 2.14. The lowest BCUT2D eigenvalue weighted by molar-refractivity contribution is -0.484. The molecule has 3 rings (SSSR count). The van der Waals surface area contributed by atoms with Crippen LogP contribution < -0.4 is 5.32 Å². The summed E-state index contributed by atoms with van der Waals surface area (Å²) in [6.45, 7) is -0.397. The molecule has 21 heavy (non-hydrogen) atoms. The summed E-state index contributed by atoms with van der Waals surface area (Å²) in [5.41, 5.74) is 1.21. The van der Waals surface area contributed by atoms with Gasteiger partial charge in [0.25, 0.3) is 5.91 Å². The molecule has 5 nitrogen and oxygen atoms in total. The molecule has 0 radical (unpaired) electrons. The highest BCUT2D eigenvalue weighted by Gasteiger charge is 2.54. The molecule has 2 aromatic rings. The number of anilines is 1. The second kappa shape index (κ2) is 5.13. The number of nitro groups is 1. The van der Waals surface area contributed by atoms with Crippen molar-refractivity contribution in [1.29, 1.82) is 0 Å². The van der Waals surface area contributed by atoms with E-state index in [9.17, 15) is 14.9 Å². The van der Waals surface area contributed by atoms with Gasteiger partial charge in [-0.25, -0.2) is 0 Å². The van der Waals surface area contributed by atoms with E-state index in [1.165, 1.54) is 11.3 Å². The molecule has 1 aliphatic rings. The van der Waals surface area contributed by atoms with E-state index in [1.807, 2.05) is 5.38 Å². The van der Waals surface area contributed by atoms with Crippen LogP contribution in [-0.4, -0.2) is 17.4 Å². The van der Waals surface area contributed by atoms with Gasteiger partial charge < -0.3 is 5.32 Å². The molecule has 0 aliphatic carbocycles. The largest absolute Gasteiger partial charge is 0.324 e. The highest BCUT2D eigenvalue weighted by Crippen LogP contribution is 2.51. The number of thiophene rings is 1. The Kier molecular flexibility index (Phi) is 3.43. The Labute approximate surface area is 129 Å². The van der Waals surface area contributed by atoms with E-state index < -0.39 is 28.2 Å². The molecule has 1 aliphatic heterocycles. The van der Waals surface area contributed by atoms with Crippen LogP contribution in [0.5, 0.6) is 0 Å². The minimum absolute atomic E-state index is 0.397. The van der Waals surface area contributed by atoms with Crippen molar-refractivity contribution in [3.05, 3.63) is 62.3 Å². The highest BCUT2D eigenvalue weighted by molar-refractivity contribution is 7.10. The summed E-state index contributed by atoms with van der Waals surface area (Å²) in [5, 5.41) is 15.6.